The molecule has 0 radical (unpaired) electrons. The molecule has 0 unspecified atom stereocenters. The van der Waals surface area contributed by atoms with Crippen LogP contribution in [0.3, 0.4) is 0 Å². The van der Waals surface area contributed by atoms with Crippen molar-refractivity contribution in [2.24, 2.45) is 0 Å². The van der Waals surface area contributed by atoms with Crippen molar-refractivity contribution in [1.29, 1.82) is 0 Å². The largest absolute Gasteiger partial charge is 0.378 e. The molecule has 2 aliphatic rings. The summed E-state index contributed by atoms with van der Waals surface area (Å²) in [6.07, 6.45) is 1.20. The van der Waals surface area contributed by atoms with Crippen molar-refractivity contribution in [3.05, 3.63) is 10.6 Å². The zero-order valence-corrected chi connectivity index (χ0v) is 6.05. The van der Waals surface area contributed by atoms with Gasteiger partial charge in [0.2, 0.25) is 0 Å². The Morgan fingerprint density at radius 1 is 1.44 bits per heavy atom. The normalized spacial score (nSPS) is 25.8. The second-order valence-electron chi connectivity index (χ2n) is 2.29. The number of rotatable bonds is 0. The van der Waals surface area contributed by atoms with Gasteiger partial charge in [-0.25, -0.2) is 0 Å². The van der Waals surface area contributed by atoms with Crippen LogP contribution in [0.4, 0.5) is 0 Å². The fourth-order valence-corrected chi connectivity index (χ4v) is 2.17. The van der Waals surface area contributed by atoms with E-state index in [1.165, 1.54) is 17.0 Å². The third kappa shape index (κ3) is 0.946. The van der Waals surface area contributed by atoms with Crippen LogP contribution in [-0.4, -0.2) is 19.0 Å². The van der Waals surface area contributed by atoms with Crippen LogP contribution < -0.4 is 10.6 Å². The van der Waals surface area contributed by atoms with Gasteiger partial charge < -0.3 is 10.6 Å². The molecule has 0 aromatic rings. The van der Waals surface area contributed by atoms with E-state index in [9.17, 15) is 0 Å². The maximum atomic E-state index is 3.36. The van der Waals surface area contributed by atoms with Crippen molar-refractivity contribution in [2.75, 3.05) is 19.0 Å². The summed E-state index contributed by atoms with van der Waals surface area (Å²) in [4.78, 5) is 1.53. The van der Waals surface area contributed by atoms with Crippen molar-refractivity contribution < 1.29 is 0 Å². The highest BCUT2D eigenvalue weighted by Gasteiger charge is 2.16. The van der Waals surface area contributed by atoms with Gasteiger partial charge in [-0.15, -0.1) is 11.8 Å². The van der Waals surface area contributed by atoms with Crippen molar-refractivity contribution in [2.45, 2.75) is 6.42 Å². The van der Waals surface area contributed by atoms with Crippen molar-refractivity contribution >= 4 is 11.8 Å². The van der Waals surface area contributed by atoms with Crippen LogP contribution in [0.25, 0.3) is 0 Å². The van der Waals surface area contributed by atoms with Crippen LogP contribution in [0, 0.1) is 0 Å². The Labute approximate surface area is 59.1 Å². The molecule has 0 aliphatic carbocycles. The lowest BCUT2D eigenvalue weighted by atomic mass is 10.2. The Balaban J connectivity index is 2.17. The van der Waals surface area contributed by atoms with Crippen LogP contribution in [0.1, 0.15) is 6.42 Å². The number of hydrogen-bond acceptors (Lipinski definition) is 3. The first kappa shape index (κ1) is 5.62. The van der Waals surface area contributed by atoms with Gasteiger partial charge in [-0.1, -0.05) is 0 Å². The molecule has 0 bridgehead atoms. The highest BCUT2D eigenvalue weighted by molar-refractivity contribution is 8.03. The zero-order chi connectivity index (χ0) is 6.10. The van der Waals surface area contributed by atoms with E-state index in [1.54, 1.807) is 0 Å². The molecule has 0 fully saturated rings. The lowest BCUT2D eigenvalue weighted by Crippen LogP contribution is -2.25. The standard InChI is InChI=1S/C6H10N2S/c1-2-7-3-6-5(1)8-4-9-6/h7-8H,1-4H2. The average Bonchev–Trinajstić information content (AvgIpc) is 2.33. The molecular weight excluding hydrogens is 132 g/mol. The smallest absolute Gasteiger partial charge is 0.0652 e. The predicted octanol–water partition coefficient (Wildman–Crippen LogP) is 0.485. The van der Waals surface area contributed by atoms with Gasteiger partial charge in [0, 0.05) is 30.1 Å². The van der Waals surface area contributed by atoms with E-state index < -0.39 is 0 Å². The molecule has 9 heavy (non-hydrogen) atoms. The van der Waals surface area contributed by atoms with Crippen LogP contribution in [0.2, 0.25) is 0 Å². The van der Waals surface area contributed by atoms with E-state index in [0.29, 0.717) is 0 Å². The van der Waals surface area contributed by atoms with E-state index in [-0.39, 0.29) is 0 Å². The molecular formula is C6H10N2S. The summed E-state index contributed by atoms with van der Waals surface area (Å²) < 4.78 is 0. The van der Waals surface area contributed by atoms with E-state index in [1.807, 2.05) is 11.8 Å². The lowest BCUT2D eigenvalue weighted by molar-refractivity contribution is 0.671. The minimum atomic E-state index is 1.09. The molecule has 2 nitrogen and oxygen atoms in total. The fraction of sp³-hybridized carbons (Fsp3) is 0.667. The molecule has 0 saturated carbocycles. The summed E-state index contributed by atoms with van der Waals surface area (Å²) in [5, 5.41) is 6.70. The quantitative estimate of drug-likeness (QED) is 0.514. The summed E-state index contributed by atoms with van der Waals surface area (Å²) >= 11 is 1.93. The first-order chi connectivity index (χ1) is 4.47. The monoisotopic (exact) mass is 142 g/mol. The number of nitrogens with one attached hydrogen (secondary N) is 2. The average molecular weight is 142 g/mol. The molecule has 2 rings (SSSR count). The topological polar surface area (TPSA) is 24.1 Å². The van der Waals surface area contributed by atoms with Crippen LogP contribution in [0.5, 0.6) is 0 Å². The van der Waals surface area contributed by atoms with Crippen LogP contribution in [0.15, 0.2) is 10.6 Å². The molecule has 0 aromatic carbocycles. The molecule has 0 aromatic heterocycles. The third-order valence-electron chi connectivity index (χ3n) is 1.71. The maximum absolute atomic E-state index is 3.36. The summed E-state index contributed by atoms with van der Waals surface area (Å²) in [5.74, 6) is 1.09. The molecule has 2 aliphatic heterocycles. The van der Waals surface area contributed by atoms with E-state index in [0.717, 1.165) is 19.0 Å². The molecule has 50 valence electrons. The fourth-order valence-electron chi connectivity index (χ4n) is 1.20. The third-order valence-corrected chi connectivity index (χ3v) is 2.73. The molecule has 3 heteroatoms. The Kier molecular flexibility index (Phi) is 1.39. The highest BCUT2D eigenvalue weighted by Crippen LogP contribution is 2.26. The van der Waals surface area contributed by atoms with E-state index in [4.69, 9.17) is 0 Å². The van der Waals surface area contributed by atoms with Crippen molar-refractivity contribution in [3.63, 3.8) is 0 Å². The second-order valence-corrected chi connectivity index (χ2v) is 3.36. The Morgan fingerprint density at radius 2 is 2.44 bits per heavy atom. The van der Waals surface area contributed by atoms with Gasteiger partial charge in [-0.3, -0.25) is 0 Å². The van der Waals surface area contributed by atoms with Gasteiger partial charge in [0.25, 0.3) is 0 Å². The van der Waals surface area contributed by atoms with Crippen LogP contribution in [-0.2, 0) is 0 Å². The first-order valence-corrected chi connectivity index (χ1v) is 4.25. The minimum absolute atomic E-state index is 1.09. The van der Waals surface area contributed by atoms with Gasteiger partial charge in [0.1, 0.15) is 0 Å². The van der Waals surface area contributed by atoms with Gasteiger partial charge in [-0.05, 0) is 0 Å². The summed E-state index contributed by atoms with van der Waals surface area (Å²) in [6, 6.07) is 0. The van der Waals surface area contributed by atoms with E-state index >= 15 is 0 Å². The molecule has 0 saturated heterocycles. The maximum Gasteiger partial charge on any atom is 0.0652 e. The summed E-state index contributed by atoms with van der Waals surface area (Å²) in [6.45, 7) is 2.24. The molecule has 2 N–H and O–H groups in total. The van der Waals surface area contributed by atoms with E-state index in [2.05, 4.69) is 10.6 Å². The number of hydrogen-bond donors (Lipinski definition) is 2. The zero-order valence-electron chi connectivity index (χ0n) is 5.24. The van der Waals surface area contributed by atoms with Crippen LogP contribution >= 0.6 is 11.8 Å². The van der Waals surface area contributed by atoms with Gasteiger partial charge in [0.05, 0.1) is 5.88 Å². The minimum Gasteiger partial charge on any atom is -0.378 e. The lowest BCUT2D eigenvalue weighted by Gasteiger charge is -2.13. The van der Waals surface area contributed by atoms with Gasteiger partial charge in [-0.2, -0.15) is 0 Å². The Bertz CT molecular complexity index is 137. The van der Waals surface area contributed by atoms with Gasteiger partial charge in [0.15, 0.2) is 0 Å². The molecule has 0 amide bonds. The Morgan fingerprint density at radius 3 is 3.33 bits per heavy atom. The van der Waals surface area contributed by atoms with Crippen molar-refractivity contribution in [1.82, 2.24) is 10.6 Å². The Hall–Kier alpha value is -0.150. The highest BCUT2D eigenvalue weighted by atomic mass is 32.2. The number of thioether (sulfide) groups is 1. The molecule has 2 heterocycles. The SMILES string of the molecule is C1CC2=C(CN1)SCN2. The molecule has 0 atom stereocenters. The summed E-state index contributed by atoms with van der Waals surface area (Å²) in [7, 11) is 0. The first-order valence-electron chi connectivity index (χ1n) is 3.26. The summed E-state index contributed by atoms with van der Waals surface area (Å²) in [5.41, 5.74) is 1.48. The predicted molar refractivity (Wildman–Crippen MR) is 40.1 cm³/mol. The second kappa shape index (κ2) is 2.23. The van der Waals surface area contributed by atoms with Crippen molar-refractivity contribution in [3.8, 4) is 0 Å². The molecule has 0 spiro atoms. The van der Waals surface area contributed by atoms with Gasteiger partial charge >= 0.3 is 0 Å².